The molecule has 2 N–H and O–H groups in total. The van der Waals surface area contributed by atoms with Crippen LogP contribution in [-0.4, -0.2) is 43.0 Å². The highest BCUT2D eigenvalue weighted by atomic mass is 16.2. The minimum absolute atomic E-state index is 0.180. The molecule has 176 valence electrons. The number of anilines is 3. The van der Waals surface area contributed by atoms with Crippen molar-refractivity contribution in [1.82, 2.24) is 4.90 Å². The molecular weight excluding hydrogens is 424 g/mol. The summed E-state index contributed by atoms with van der Waals surface area (Å²) in [5, 5.41) is 5.79. The van der Waals surface area contributed by atoms with E-state index >= 15 is 0 Å². The summed E-state index contributed by atoms with van der Waals surface area (Å²) in [5.74, 6) is 0.180. The second-order valence-corrected chi connectivity index (χ2v) is 8.98. The molecule has 0 aliphatic carbocycles. The van der Waals surface area contributed by atoms with Gasteiger partial charge in [0.25, 0.3) is 0 Å². The molecule has 1 fully saturated rings. The monoisotopic (exact) mass is 456 g/mol. The van der Waals surface area contributed by atoms with Crippen LogP contribution in [0.3, 0.4) is 0 Å². The predicted molar refractivity (Wildman–Crippen MR) is 139 cm³/mol. The van der Waals surface area contributed by atoms with Crippen molar-refractivity contribution in [2.75, 3.05) is 41.7 Å². The average molecular weight is 457 g/mol. The molecule has 0 aromatic heterocycles. The maximum atomic E-state index is 12.7. The Morgan fingerprint density at radius 3 is 2.18 bits per heavy atom. The van der Waals surface area contributed by atoms with E-state index in [9.17, 15) is 9.59 Å². The molecule has 4 rings (SSSR count). The van der Waals surface area contributed by atoms with Crippen molar-refractivity contribution in [3.63, 3.8) is 0 Å². The molecule has 0 bridgehead atoms. The molecule has 3 aromatic carbocycles. The van der Waals surface area contributed by atoms with Crippen LogP contribution in [0.5, 0.6) is 0 Å². The fraction of sp³-hybridized carbons (Fsp3) is 0.286. The number of hydrogen-bond acceptors (Lipinski definition) is 3. The Labute approximate surface area is 201 Å². The lowest BCUT2D eigenvalue weighted by Gasteiger charge is -2.36. The second kappa shape index (κ2) is 10.4. The van der Waals surface area contributed by atoms with E-state index in [0.29, 0.717) is 19.5 Å². The number of urea groups is 1. The van der Waals surface area contributed by atoms with E-state index in [-0.39, 0.29) is 11.9 Å². The number of carbonyl (C=O) groups is 2. The fourth-order valence-corrected chi connectivity index (χ4v) is 4.32. The molecule has 3 aromatic rings. The first-order valence-electron chi connectivity index (χ1n) is 11.7. The van der Waals surface area contributed by atoms with Crippen LogP contribution in [0.15, 0.2) is 66.7 Å². The van der Waals surface area contributed by atoms with E-state index in [2.05, 4.69) is 21.6 Å². The molecule has 0 saturated carbocycles. The lowest BCUT2D eigenvalue weighted by atomic mass is 10.1. The van der Waals surface area contributed by atoms with E-state index in [0.717, 1.165) is 46.8 Å². The summed E-state index contributed by atoms with van der Waals surface area (Å²) in [4.78, 5) is 29.3. The summed E-state index contributed by atoms with van der Waals surface area (Å²) in [7, 11) is 0. The quantitative estimate of drug-likeness (QED) is 0.558. The molecule has 0 unspecified atom stereocenters. The number of rotatable bonds is 5. The maximum Gasteiger partial charge on any atom is 0.323 e. The minimum atomic E-state index is -0.263. The second-order valence-electron chi connectivity index (χ2n) is 8.98. The summed E-state index contributed by atoms with van der Waals surface area (Å²) in [6.45, 7) is 9.06. The van der Waals surface area contributed by atoms with Gasteiger partial charge in [0.1, 0.15) is 0 Å². The highest BCUT2D eigenvalue weighted by Crippen LogP contribution is 2.21. The number of nitrogens with one attached hydrogen (secondary N) is 2. The topological polar surface area (TPSA) is 64.7 Å². The summed E-state index contributed by atoms with van der Waals surface area (Å²) in [6, 6.07) is 21.6. The highest BCUT2D eigenvalue weighted by Gasteiger charge is 2.21. The first-order chi connectivity index (χ1) is 16.4. The van der Waals surface area contributed by atoms with Gasteiger partial charge in [-0.05, 0) is 62.2 Å². The number of piperazine rings is 1. The molecule has 1 aliphatic heterocycles. The molecule has 1 heterocycles. The number of carbonyl (C=O) groups excluding carboxylic acids is 2. The van der Waals surface area contributed by atoms with Gasteiger partial charge in [-0.2, -0.15) is 0 Å². The predicted octanol–water partition coefficient (Wildman–Crippen LogP) is 5.15. The molecule has 34 heavy (non-hydrogen) atoms. The number of nitrogens with zero attached hydrogens (tertiary/aromatic N) is 2. The van der Waals surface area contributed by atoms with E-state index in [4.69, 9.17) is 0 Å². The normalized spacial score (nSPS) is 13.5. The van der Waals surface area contributed by atoms with Crippen LogP contribution in [0.4, 0.5) is 21.9 Å². The Hall–Kier alpha value is -3.80. The van der Waals surface area contributed by atoms with Crippen LogP contribution >= 0.6 is 0 Å². The number of benzene rings is 3. The minimum Gasteiger partial charge on any atom is -0.368 e. The standard InChI is InChI=1S/C28H32N4O2/c1-20-5-4-6-23(18-20)19-27(33)32-15-13-31(14-16-32)25-10-8-24(9-11-25)29-28(34)30-26-12-7-21(2)17-22(26)3/h4-12,17-18H,13-16,19H2,1-3H3,(H2,29,30,34). The van der Waals surface area contributed by atoms with E-state index < -0.39 is 0 Å². The first kappa shape index (κ1) is 23.4. The maximum absolute atomic E-state index is 12.7. The van der Waals surface area contributed by atoms with Crippen molar-refractivity contribution >= 4 is 29.0 Å². The van der Waals surface area contributed by atoms with Gasteiger partial charge >= 0.3 is 6.03 Å². The Kier molecular flexibility index (Phi) is 7.16. The molecule has 3 amide bonds. The van der Waals surface area contributed by atoms with Gasteiger partial charge in [0.05, 0.1) is 6.42 Å². The third-order valence-electron chi connectivity index (χ3n) is 6.19. The van der Waals surface area contributed by atoms with Crippen LogP contribution in [-0.2, 0) is 11.2 Å². The summed E-state index contributed by atoms with van der Waals surface area (Å²) in [5.41, 5.74) is 7.06. The Morgan fingerprint density at radius 1 is 0.794 bits per heavy atom. The molecule has 6 nitrogen and oxygen atoms in total. The van der Waals surface area contributed by atoms with Gasteiger partial charge < -0.3 is 20.4 Å². The molecular formula is C28H32N4O2. The molecule has 0 radical (unpaired) electrons. The lowest BCUT2D eigenvalue weighted by Crippen LogP contribution is -2.49. The SMILES string of the molecule is Cc1cccc(CC(=O)N2CCN(c3ccc(NC(=O)Nc4ccc(C)cc4C)cc3)CC2)c1. The molecule has 0 atom stereocenters. The third-order valence-corrected chi connectivity index (χ3v) is 6.19. The Morgan fingerprint density at radius 2 is 1.50 bits per heavy atom. The Bertz CT molecular complexity index is 1170. The summed E-state index contributed by atoms with van der Waals surface area (Å²) >= 11 is 0. The van der Waals surface area contributed by atoms with Crippen LogP contribution in [0, 0.1) is 20.8 Å². The van der Waals surface area contributed by atoms with Gasteiger partial charge in [-0.3, -0.25) is 4.79 Å². The number of hydrogen-bond donors (Lipinski definition) is 2. The summed E-state index contributed by atoms with van der Waals surface area (Å²) < 4.78 is 0. The van der Waals surface area contributed by atoms with Gasteiger partial charge in [-0.25, -0.2) is 4.79 Å². The van der Waals surface area contributed by atoms with Crippen molar-refractivity contribution in [2.24, 2.45) is 0 Å². The van der Waals surface area contributed by atoms with E-state index in [1.807, 2.05) is 86.3 Å². The lowest BCUT2D eigenvalue weighted by molar-refractivity contribution is -0.130. The van der Waals surface area contributed by atoms with Crippen LogP contribution < -0.4 is 15.5 Å². The zero-order chi connectivity index (χ0) is 24.1. The van der Waals surface area contributed by atoms with Crippen LogP contribution in [0.2, 0.25) is 0 Å². The van der Waals surface area contributed by atoms with Gasteiger partial charge in [-0.15, -0.1) is 0 Å². The Balaban J connectivity index is 1.27. The molecule has 0 spiro atoms. The smallest absolute Gasteiger partial charge is 0.323 e. The van der Waals surface area contributed by atoms with Gasteiger partial charge in [0.2, 0.25) is 5.91 Å². The molecule has 1 aliphatic rings. The molecule has 6 heteroatoms. The zero-order valence-electron chi connectivity index (χ0n) is 20.1. The number of amides is 3. The van der Waals surface area contributed by atoms with Crippen molar-refractivity contribution in [2.45, 2.75) is 27.2 Å². The first-order valence-corrected chi connectivity index (χ1v) is 11.7. The van der Waals surface area contributed by atoms with Crippen molar-refractivity contribution < 1.29 is 9.59 Å². The summed E-state index contributed by atoms with van der Waals surface area (Å²) in [6.07, 6.45) is 0.451. The highest BCUT2D eigenvalue weighted by molar-refractivity contribution is 6.00. The average Bonchev–Trinajstić information content (AvgIpc) is 2.81. The van der Waals surface area contributed by atoms with E-state index in [1.165, 1.54) is 5.56 Å². The van der Waals surface area contributed by atoms with Crippen LogP contribution in [0.1, 0.15) is 22.3 Å². The largest absolute Gasteiger partial charge is 0.368 e. The van der Waals surface area contributed by atoms with Crippen molar-refractivity contribution in [3.05, 3.63) is 89.0 Å². The van der Waals surface area contributed by atoms with Gasteiger partial charge in [0, 0.05) is 43.2 Å². The zero-order valence-corrected chi connectivity index (χ0v) is 20.1. The fourth-order valence-electron chi connectivity index (χ4n) is 4.32. The van der Waals surface area contributed by atoms with E-state index in [1.54, 1.807) is 0 Å². The van der Waals surface area contributed by atoms with Gasteiger partial charge in [-0.1, -0.05) is 47.5 Å². The van der Waals surface area contributed by atoms with Gasteiger partial charge in [0.15, 0.2) is 0 Å². The van der Waals surface area contributed by atoms with Crippen LogP contribution in [0.25, 0.3) is 0 Å². The van der Waals surface area contributed by atoms with Crippen molar-refractivity contribution in [1.29, 1.82) is 0 Å². The molecule has 1 saturated heterocycles. The third kappa shape index (κ3) is 5.95. The number of aryl methyl sites for hydroxylation is 3. The van der Waals surface area contributed by atoms with Crippen molar-refractivity contribution in [3.8, 4) is 0 Å².